The van der Waals surface area contributed by atoms with Crippen molar-refractivity contribution in [2.75, 3.05) is 6.26 Å². The Kier molecular flexibility index (Phi) is 5.11. The standard InChI is InChI=1S/C19H17NO2S2/c1-13-3-5-15(6-4-13)12-20-18(21)17(24-19(20)22)11-14-7-9-16(23-2)10-8-14/h3-11H,12H2,1-2H3/b17-11-. The molecule has 1 heterocycles. The van der Waals surface area contributed by atoms with Crippen LogP contribution in [0.3, 0.4) is 0 Å². The van der Waals surface area contributed by atoms with E-state index in [0.29, 0.717) is 11.4 Å². The monoisotopic (exact) mass is 355 g/mol. The normalized spacial score (nSPS) is 16.2. The number of imide groups is 1. The number of carbonyl (C=O) groups excluding carboxylic acids is 2. The molecule has 0 unspecified atom stereocenters. The first-order valence-corrected chi connectivity index (χ1v) is 9.56. The molecule has 0 radical (unpaired) electrons. The van der Waals surface area contributed by atoms with E-state index in [1.165, 1.54) is 9.80 Å². The lowest BCUT2D eigenvalue weighted by Crippen LogP contribution is -2.27. The summed E-state index contributed by atoms with van der Waals surface area (Å²) in [5.41, 5.74) is 3.03. The van der Waals surface area contributed by atoms with Gasteiger partial charge in [0.25, 0.3) is 11.1 Å². The minimum atomic E-state index is -0.223. The van der Waals surface area contributed by atoms with E-state index >= 15 is 0 Å². The summed E-state index contributed by atoms with van der Waals surface area (Å²) in [6, 6.07) is 15.8. The lowest BCUT2D eigenvalue weighted by atomic mass is 10.1. The van der Waals surface area contributed by atoms with Crippen LogP contribution in [0, 0.1) is 6.92 Å². The molecule has 2 aromatic rings. The van der Waals surface area contributed by atoms with Gasteiger partial charge in [0.05, 0.1) is 11.4 Å². The highest BCUT2D eigenvalue weighted by atomic mass is 32.2. The zero-order valence-electron chi connectivity index (χ0n) is 13.5. The van der Waals surface area contributed by atoms with Crippen molar-refractivity contribution in [2.45, 2.75) is 18.4 Å². The van der Waals surface area contributed by atoms with Crippen molar-refractivity contribution in [1.82, 2.24) is 4.90 Å². The third-order valence-electron chi connectivity index (χ3n) is 3.75. The van der Waals surface area contributed by atoms with Gasteiger partial charge in [0.1, 0.15) is 0 Å². The van der Waals surface area contributed by atoms with Gasteiger partial charge >= 0.3 is 0 Å². The fourth-order valence-electron chi connectivity index (χ4n) is 2.36. The number of nitrogens with zero attached hydrogens (tertiary/aromatic N) is 1. The topological polar surface area (TPSA) is 37.4 Å². The SMILES string of the molecule is CSc1ccc(/C=C2\SC(=O)N(Cc3ccc(C)cc3)C2=O)cc1. The van der Waals surface area contributed by atoms with Crippen LogP contribution in [0.4, 0.5) is 4.79 Å². The van der Waals surface area contributed by atoms with Crippen LogP contribution in [-0.2, 0) is 11.3 Å². The van der Waals surface area contributed by atoms with E-state index in [9.17, 15) is 9.59 Å². The van der Waals surface area contributed by atoms with Crippen LogP contribution in [0.25, 0.3) is 6.08 Å². The maximum atomic E-state index is 12.5. The number of amides is 2. The molecule has 1 aliphatic rings. The molecular weight excluding hydrogens is 338 g/mol. The van der Waals surface area contributed by atoms with Crippen LogP contribution in [0.2, 0.25) is 0 Å². The van der Waals surface area contributed by atoms with Crippen molar-refractivity contribution < 1.29 is 9.59 Å². The molecule has 3 nitrogen and oxygen atoms in total. The lowest BCUT2D eigenvalue weighted by Gasteiger charge is -2.12. The highest BCUT2D eigenvalue weighted by molar-refractivity contribution is 8.18. The first-order valence-electron chi connectivity index (χ1n) is 7.52. The van der Waals surface area contributed by atoms with E-state index in [2.05, 4.69) is 0 Å². The molecule has 1 aliphatic heterocycles. The summed E-state index contributed by atoms with van der Waals surface area (Å²) in [5.74, 6) is -0.223. The second kappa shape index (κ2) is 7.28. The molecule has 5 heteroatoms. The zero-order chi connectivity index (χ0) is 17.1. The molecule has 24 heavy (non-hydrogen) atoms. The van der Waals surface area contributed by atoms with Gasteiger partial charge in [-0.05, 0) is 54.3 Å². The number of hydrogen-bond donors (Lipinski definition) is 0. The summed E-state index contributed by atoms with van der Waals surface area (Å²) in [7, 11) is 0. The summed E-state index contributed by atoms with van der Waals surface area (Å²) >= 11 is 2.67. The Bertz CT molecular complexity index is 795. The second-order valence-electron chi connectivity index (χ2n) is 5.53. The molecule has 2 amide bonds. The third kappa shape index (κ3) is 3.74. The highest BCUT2D eigenvalue weighted by Gasteiger charge is 2.34. The number of carbonyl (C=O) groups is 2. The fraction of sp³-hybridized carbons (Fsp3) is 0.158. The van der Waals surface area contributed by atoms with E-state index in [4.69, 9.17) is 0 Å². The molecule has 0 aliphatic carbocycles. The van der Waals surface area contributed by atoms with Crippen LogP contribution in [0.15, 0.2) is 58.3 Å². The van der Waals surface area contributed by atoms with E-state index in [1.54, 1.807) is 17.8 Å². The average molecular weight is 355 g/mol. The number of thioether (sulfide) groups is 2. The molecule has 1 saturated heterocycles. The molecule has 0 bridgehead atoms. The maximum Gasteiger partial charge on any atom is 0.293 e. The number of benzene rings is 2. The van der Waals surface area contributed by atoms with Gasteiger partial charge in [-0.25, -0.2) is 0 Å². The third-order valence-corrected chi connectivity index (χ3v) is 5.40. The predicted octanol–water partition coefficient (Wildman–Crippen LogP) is 4.95. The molecule has 0 atom stereocenters. The van der Waals surface area contributed by atoms with Crippen molar-refractivity contribution >= 4 is 40.7 Å². The van der Waals surface area contributed by atoms with Gasteiger partial charge < -0.3 is 0 Å². The van der Waals surface area contributed by atoms with E-state index in [0.717, 1.165) is 28.5 Å². The van der Waals surface area contributed by atoms with Gasteiger partial charge in [-0.15, -0.1) is 11.8 Å². The molecule has 0 spiro atoms. The maximum absolute atomic E-state index is 12.5. The van der Waals surface area contributed by atoms with Crippen LogP contribution in [0.5, 0.6) is 0 Å². The average Bonchev–Trinajstić information content (AvgIpc) is 2.85. The minimum absolute atomic E-state index is 0.215. The summed E-state index contributed by atoms with van der Waals surface area (Å²) < 4.78 is 0. The van der Waals surface area contributed by atoms with Crippen molar-refractivity contribution in [3.63, 3.8) is 0 Å². The molecule has 0 saturated carbocycles. The number of hydrogen-bond acceptors (Lipinski definition) is 4. The van der Waals surface area contributed by atoms with Crippen LogP contribution in [0.1, 0.15) is 16.7 Å². The van der Waals surface area contributed by atoms with Crippen molar-refractivity contribution in [1.29, 1.82) is 0 Å². The summed E-state index contributed by atoms with van der Waals surface area (Å²) in [6.07, 6.45) is 3.80. The molecule has 122 valence electrons. The molecular formula is C19H17NO2S2. The van der Waals surface area contributed by atoms with Gasteiger partial charge in [-0.2, -0.15) is 0 Å². The molecule has 1 fully saturated rings. The van der Waals surface area contributed by atoms with Crippen LogP contribution < -0.4 is 0 Å². The Morgan fingerprint density at radius 3 is 2.33 bits per heavy atom. The fourth-order valence-corrected chi connectivity index (χ4v) is 3.61. The lowest BCUT2D eigenvalue weighted by molar-refractivity contribution is -0.123. The van der Waals surface area contributed by atoms with Crippen molar-refractivity contribution in [2.24, 2.45) is 0 Å². The first kappa shape index (κ1) is 16.9. The smallest absolute Gasteiger partial charge is 0.268 e. The first-order chi connectivity index (χ1) is 11.6. The minimum Gasteiger partial charge on any atom is -0.268 e. The Hall–Kier alpha value is -1.98. The number of rotatable bonds is 4. The van der Waals surface area contributed by atoms with Gasteiger partial charge in [0.2, 0.25) is 0 Å². The van der Waals surface area contributed by atoms with Crippen molar-refractivity contribution in [3.8, 4) is 0 Å². The number of aryl methyl sites for hydroxylation is 1. The molecule has 0 aromatic heterocycles. The Labute approximate surface area is 150 Å². The highest BCUT2D eigenvalue weighted by Crippen LogP contribution is 2.33. The van der Waals surface area contributed by atoms with Crippen LogP contribution in [-0.4, -0.2) is 22.3 Å². The summed E-state index contributed by atoms with van der Waals surface area (Å²) in [6.45, 7) is 2.32. The molecule has 3 rings (SSSR count). The van der Waals surface area contributed by atoms with Gasteiger partial charge in [-0.3, -0.25) is 14.5 Å². The van der Waals surface area contributed by atoms with Crippen LogP contribution >= 0.6 is 23.5 Å². The van der Waals surface area contributed by atoms with E-state index < -0.39 is 0 Å². The zero-order valence-corrected chi connectivity index (χ0v) is 15.1. The summed E-state index contributed by atoms with van der Waals surface area (Å²) in [5, 5.41) is -0.215. The van der Waals surface area contributed by atoms with E-state index in [1.807, 2.05) is 61.7 Å². The largest absolute Gasteiger partial charge is 0.293 e. The van der Waals surface area contributed by atoms with Gasteiger partial charge in [0.15, 0.2) is 0 Å². The molecule has 0 N–H and O–H groups in total. The van der Waals surface area contributed by atoms with Gasteiger partial charge in [0, 0.05) is 4.90 Å². The Morgan fingerprint density at radius 2 is 1.71 bits per heavy atom. The van der Waals surface area contributed by atoms with E-state index in [-0.39, 0.29) is 11.1 Å². The quantitative estimate of drug-likeness (QED) is 0.574. The predicted molar refractivity (Wildman–Crippen MR) is 101 cm³/mol. The second-order valence-corrected chi connectivity index (χ2v) is 7.40. The Morgan fingerprint density at radius 1 is 1.04 bits per heavy atom. The van der Waals surface area contributed by atoms with Gasteiger partial charge in [-0.1, -0.05) is 42.0 Å². The molecule has 2 aromatic carbocycles. The Balaban J connectivity index is 1.77. The summed E-state index contributed by atoms with van der Waals surface area (Å²) in [4.78, 5) is 27.7. The van der Waals surface area contributed by atoms with Crippen molar-refractivity contribution in [3.05, 3.63) is 70.1 Å².